The maximum atomic E-state index is 13.4. The Morgan fingerprint density at radius 2 is 1.69 bits per heavy atom. The first-order valence-corrected chi connectivity index (χ1v) is 11.3. The number of rotatable bonds is 9. The quantitative estimate of drug-likeness (QED) is 0.332. The minimum absolute atomic E-state index is 0.296. The number of likely N-dealkylation sites (N-methyl/N-ethyl adjacent to an activating group) is 1. The standard InChI is InChI=1S/C26H26F3N7/c1-36(2)14-13-30-23-16-21(24(35-34-23)19-9-6-10-20(15-19)26(27,28)29)22-11-12-31-25(33-22)32-17-18-7-4-3-5-8-18/h3-12,15-16H,13-14,17H2,1-2H3,(H,30,34)(H,31,32,33). The number of aromatic nitrogens is 4. The first-order chi connectivity index (χ1) is 17.3. The summed E-state index contributed by atoms with van der Waals surface area (Å²) < 4.78 is 40.1. The van der Waals surface area contributed by atoms with Gasteiger partial charge in [0.05, 0.1) is 11.3 Å². The van der Waals surface area contributed by atoms with Crippen LogP contribution in [0.2, 0.25) is 0 Å². The molecule has 0 spiro atoms. The lowest BCUT2D eigenvalue weighted by Crippen LogP contribution is -2.21. The van der Waals surface area contributed by atoms with E-state index in [1.165, 1.54) is 6.07 Å². The Hall–Kier alpha value is -4.05. The van der Waals surface area contributed by atoms with Crippen LogP contribution in [0.4, 0.5) is 24.9 Å². The number of hydrogen-bond acceptors (Lipinski definition) is 7. The normalized spacial score (nSPS) is 11.5. The van der Waals surface area contributed by atoms with Crippen LogP contribution in [0, 0.1) is 0 Å². The fourth-order valence-electron chi connectivity index (χ4n) is 3.51. The van der Waals surface area contributed by atoms with Crippen LogP contribution < -0.4 is 10.6 Å². The second-order valence-corrected chi connectivity index (χ2v) is 8.41. The number of nitrogens with zero attached hydrogens (tertiary/aromatic N) is 5. The summed E-state index contributed by atoms with van der Waals surface area (Å²) >= 11 is 0. The molecular weight excluding hydrogens is 467 g/mol. The largest absolute Gasteiger partial charge is 0.416 e. The van der Waals surface area contributed by atoms with Gasteiger partial charge in [-0.05, 0) is 43.9 Å². The third-order valence-corrected chi connectivity index (χ3v) is 5.35. The zero-order valence-electron chi connectivity index (χ0n) is 19.9. The van der Waals surface area contributed by atoms with Gasteiger partial charge in [0.25, 0.3) is 0 Å². The molecule has 0 saturated heterocycles. The Bertz CT molecular complexity index is 1290. The van der Waals surface area contributed by atoms with Crippen LogP contribution in [0.15, 0.2) is 72.9 Å². The molecule has 0 atom stereocenters. The fraction of sp³-hybridized carbons (Fsp3) is 0.231. The minimum Gasteiger partial charge on any atom is -0.367 e. The fourth-order valence-corrected chi connectivity index (χ4v) is 3.51. The van der Waals surface area contributed by atoms with Gasteiger partial charge in [0, 0.05) is 37.0 Å². The van der Waals surface area contributed by atoms with Crippen LogP contribution in [-0.2, 0) is 12.7 Å². The number of anilines is 2. The molecule has 0 fully saturated rings. The van der Waals surface area contributed by atoms with E-state index in [-0.39, 0.29) is 0 Å². The topological polar surface area (TPSA) is 78.9 Å². The highest BCUT2D eigenvalue weighted by Crippen LogP contribution is 2.35. The Morgan fingerprint density at radius 1 is 0.889 bits per heavy atom. The average Bonchev–Trinajstić information content (AvgIpc) is 2.87. The van der Waals surface area contributed by atoms with Crippen LogP contribution in [0.1, 0.15) is 11.1 Å². The molecule has 4 aromatic rings. The van der Waals surface area contributed by atoms with E-state index in [1.807, 2.05) is 49.3 Å². The summed E-state index contributed by atoms with van der Waals surface area (Å²) in [6.45, 7) is 1.92. The Balaban J connectivity index is 1.70. The smallest absolute Gasteiger partial charge is 0.367 e. The summed E-state index contributed by atoms with van der Waals surface area (Å²) in [6.07, 6.45) is -2.87. The van der Waals surface area contributed by atoms with E-state index >= 15 is 0 Å². The Labute approximate surface area is 207 Å². The van der Waals surface area contributed by atoms with E-state index in [2.05, 4.69) is 30.8 Å². The summed E-state index contributed by atoms with van der Waals surface area (Å²) in [7, 11) is 3.92. The van der Waals surface area contributed by atoms with E-state index in [1.54, 1.807) is 24.4 Å². The van der Waals surface area contributed by atoms with Crippen molar-refractivity contribution in [3.05, 3.63) is 84.1 Å². The van der Waals surface area contributed by atoms with Crippen molar-refractivity contribution in [2.75, 3.05) is 37.8 Å². The molecule has 2 aromatic carbocycles. The van der Waals surface area contributed by atoms with Gasteiger partial charge in [-0.25, -0.2) is 9.97 Å². The average molecular weight is 494 g/mol. The van der Waals surface area contributed by atoms with Crippen LogP contribution in [-0.4, -0.2) is 52.3 Å². The first-order valence-electron chi connectivity index (χ1n) is 11.3. The molecule has 0 amide bonds. The van der Waals surface area contributed by atoms with Crippen molar-refractivity contribution in [2.45, 2.75) is 12.7 Å². The van der Waals surface area contributed by atoms with Crippen LogP contribution in [0.5, 0.6) is 0 Å². The molecule has 0 bridgehead atoms. The minimum atomic E-state index is -4.47. The van der Waals surface area contributed by atoms with Crippen molar-refractivity contribution in [1.29, 1.82) is 0 Å². The molecule has 36 heavy (non-hydrogen) atoms. The first kappa shape index (κ1) is 25.1. The lowest BCUT2D eigenvalue weighted by Gasteiger charge is -2.14. The highest BCUT2D eigenvalue weighted by Gasteiger charge is 2.31. The van der Waals surface area contributed by atoms with Gasteiger partial charge in [-0.3, -0.25) is 0 Å². The number of benzene rings is 2. The van der Waals surface area contributed by atoms with Crippen molar-refractivity contribution in [2.24, 2.45) is 0 Å². The van der Waals surface area contributed by atoms with Crippen molar-refractivity contribution >= 4 is 11.8 Å². The predicted octanol–water partition coefficient (Wildman–Crippen LogP) is 5.21. The molecule has 0 radical (unpaired) electrons. The molecule has 186 valence electrons. The molecule has 10 heteroatoms. The maximum Gasteiger partial charge on any atom is 0.416 e. The van der Waals surface area contributed by atoms with Crippen LogP contribution in [0.25, 0.3) is 22.5 Å². The summed E-state index contributed by atoms with van der Waals surface area (Å²) in [5.74, 6) is 0.894. The van der Waals surface area contributed by atoms with Gasteiger partial charge in [0.2, 0.25) is 5.95 Å². The van der Waals surface area contributed by atoms with Crippen LogP contribution >= 0.6 is 0 Å². The second-order valence-electron chi connectivity index (χ2n) is 8.41. The number of alkyl halides is 3. The second kappa shape index (κ2) is 11.1. The van der Waals surface area contributed by atoms with E-state index in [9.17, 15) is 13.2 Å². The summed E-state index contributed by atoms with van der Waals surface area (Å²) in [5, 5.41) is 14.9. The Kier molecular flexibility index (Phi) is 7.74. The molecular formula is C26H26F3N7. The van der Waals surface area contributed by atoms with Gasteiger partial charge < -0.3 is 15.5 Å². The third-order valence-electron chi connectivity index (χ3n) is 5.35. The molecule has 4 rings (SSSR count). The van der Waals surface area contributed by atoms with Gasteiger partial charge in [0.1, 0.15) is 11.5 Å². The van der Waals surface area contributed by atoms with E-state index in [0.717, 1.165) is 24.2 Å². The monoisotopic (exact) mass is 493 g/mol. The zero-order valence-corrected chi connectivity index (χ0v) is 19.9. The van der Waals surface area contributed by atoms with Gasteiger partial charge in [-0.1, -0.05) is 42.5 Å². The molecule has 0 saturated carbocycles. The maximum absolute atomic E-state index is 13.4. The number of halogens is 3. The van der Waals surface area contributed by atoms with E-state index in [4.69, 9.17) is 0 Å². The molecule has 7 nitrogen and oxygen atoms in total. The lowest BCUT2D eigenvalue weighted by molar-refractivity contribution is -0.137. The van der Waals surface area contributed by atoms with Crippen LogP contribution in [0.3, 0.4) is 0 Å². The predicted molar refractivity (Wildman–Crippen MR) is 134 cm³/mol. The van der Waals surface area contributed by atoms with Crippen molar-refractivity contribution in [1.82, 2.24) is 25.1 Å². The number of nitrogens with one attached hydrogen (secondary N) is 2. The molecule has 2 heterocycles. The zero-order chi connectivity index (χ0) is 25.5. The molecule has 2 N–H and O–H groups in total. The summed E-state index contributed by atoms with van der Waals surface area (Å²) in [4.78, 5) is 10.9. The van der Waals surface area contributed by atoms with Gasteiger partial charge in [-0.2, -0.15) is 13.2 Å². The van der Waals surface area contributed by atoms with Gasteiger partial charge in [0.15, 0.2) is 0 Å². The Morgan fingerprint density at radius 3 is 2.44 bits per heavy atom. The molecule has 0 aliphatic rings. The molecule has 0 unspecified atom stereocenters. The van der Waals surface area contributed by atoms with Gasteiger partial charge >= 0.3 is 6.18 Å². The highest BCUT2D eigenvalue weighted by atomic mass is 19.4. The summed E-state index contributed by atoms with van der Waals surface area (Å²) in [5.41, 5.74) is 1.96. The van der Waals surface area contributed by atoms with Crippen molar-refractivity contribution in [3.63, 3.8) is 0 Å². The van der Waals surface area contributed by atoms with Crippen molar-refractivity contribution < 1.29 is 13.2 Å². The molecule has 0 aliphatic carbocycles. The van der Waals surface area contributed by atoms with Gasteiger partial charge in [-0.15, -0.1) is 10.2 Å². The van der Waals surface area contributed by atoms with E-state index in [0.29, 0.717) is 47.4 Å². The molecule has 2 aromatic heterocycles. The highest BCUT2D eigenvalue weighted by molar-refractivity contribution is 5.80. The SMILES string of the molecule is CN(C)CCNc1cc(-c2ccnc(NCc3ccccc3)n2)c(-c2cccc(C(F)(F)F)c2)nn1. The number of hydrogen-bond donors (Lipinski definition) is 2. The third kappa shape index (κ3) is 6.54. The summed E-state index contributed by atoms with van der Waals surface area (Å²) in [6, 6.07) is 18.3. The molecule has 0 aliphatic heterocycles. The van der Waals surface area contributed by atoms with Crippen molar-refractivity contribution in [3.8, 4) is 22.5 Å². The lowest BCUT2D eigenvalue weighted by atomic mass is 10.0. The van der Waals surface area contributed by atoms with E-state index < -0.39 is 11.7 Å².